The number of aromatic nitrogens is 4. The summed E-state index contributed by atoms with van der Waals surface area (Å²) in [5.74, 6) is 0.232. The van der Waals surface area contributed by atoms with Gasteiger partial charge in [0.2, 0.25) is 0 Å². The molecule has 18 heavy (non-hydrogen) atoms. The van der Waals surface area contributed by atoms with Crippen molar-refractivity contribution in [3.8, 4) is 17.0 Å². The zero-order valence-corrected chi connectivity index (χ0v) is 9.12. The molecular formula is C11H8FN5O. The molecule has 90 valence electrons. The van der Waals surface area contributed by atoms with Crippen molar-refractivity contribution in [3.63, 3.8) is 0 Å². The van der Waals surface area contributed by atoms with Crippen molar-refractivity contribution < 1.29 is 8.91 Å². The van der Waals surface area contributed by atoms with E-state index in [0.717, 1.165) is 0 Å². The van der Waals surface area contributed by atoms with Gasteiger partial charge >= 0.3 is 0 Å². The fraction of sp³-hybridized carbons (Fsp3) is 0. The summed E-state index contributed by atoms with van der Waals surface area (Å²) >= 11 is 0. The molecule has 7 heteroatoms. The molecule has 3 aromatic rings. The molecule has 0 spiro atoms. The highest BCUT2D eigenvalue weighted by atomic mass is 19.1. The fourth-order valence-corrected chi connectivity index (χ4v) is 1.60. The average Bonchev–Trinajstić information content (AvgIpc) is 2.99. The second-order valence-electron chi connectivity index (χ2n) is 3.62. The van der Waals surface area contributed by atoms with Crippen molar-refractivity contribution in [2.24, 2.45) is 0 Å². The summed E-state index contributed by atoms with van der Waals surface area (Å²) in [6.07, 6.45) is 2.76. The second-order valence-corrected chi connectivity index (χ2v) is 3.62. The Kier molecular flexibility index (Phi) is 2.30. The van der Waals surface area contributed by atoms with Crippen LogP contribution in [-0.2, 0) is 0 Å². The minimum absolute atomic E-state index is 0.255. The Bertz CT molecular complexity index is 677. The maximum Gasteiger partial charge on any atom is 0.169 e. The van der Waals surface area contributed by atoms with Crippen LogP contribution in [0.4, 0.5) is 10.2 Å². The van der Waals surface area contributed by atoms with Gasteiger partial charge in [-0.2, -0.15) is 5.10 Å². The van der Waals surface area contributed by atoms with Gasteiger partial charge in [-0.05, 0) is 18.2 Å². The predicted molar refractivity (Wildman–Crippen MR) is 61.2 cm³/mol. The maximum atomic E-state index is 13.9. The van der Waals surface area contributed by atoms with Crippen molar-refractivity contribution in [2.75, 3.05) is 5.73 Å². The summed E-state index contributed by atoms with van der Waals surface area (Å²) in [7, 11) is 0. The topological polar surface area (TPSA) is 82.8 Å². The number of hydrogen-bond acceptors (Lipinski definition) is 5. The Morgan fingerprint density at radius 1 is 1.28 bits per heavy atom. The zero-order chi connectivity index (χ0) is 12.5. The highest BCUT2D eigenvalue weighted by Gasteiger charge is 2.10. The molecule has 0 aliphatic rings. The average molecular weight is 245 g/mol. The molecule has 3 rings (SSSR count). The van der Waals surface area contributed by atoms with Gasteiger partial charge < -0.3 is 10.3 Å². The molecule has 0 aliphatic heterocycles. The van der Waals surface area contributed by atoms with Crippen LogP contribution in [0.15, 0.2) is 41.4 Å². The number of anilines is 1. The van der Waals surface area contributed by atoms with Crippen LogP contribution in [0.3, 0.4) is 0 Å². The van der Waals surface area contributed by atoms with Crippen molar-refractivity contribution >= 4 is 5.82 Å². The first-order valence-corrected chi connectivity index (χ1v) is 5.11. The normalized spacial score (nSPS) is 10.7. The summed E-state index contributed by atoms with van der Waals surface area (Å²) in [6, 6.07) is 6.14. The molecule has 2 aromatic heterocycles. The lowest BCUT2D eigenvalue weighted by molar-refractivity contribution is 0.435. The van der Waals surface area contributed by atoms with Crippen LogP contribution in [0.5, 0.6) is 0 Å². The van der Waals surface area contributed by atoms with Gasteiger partial charge in [-0.25, -0.2) is 14.1 Å². The number of nitrogens with two attached hydrogens (primary N) is 1. The van der Waals surface area contributed by atoms with Crippen molar-refractivity contribution in [3.05, 3.63) is 42.7 Å². The first-order chi connectivity index (χ1) is 8.74. The summed E-state index contributed by atoms with van der Waals surface area (Å²) in [5.41, 5.74) is 6.31. The number of hydrogen-bond donors (Lipinski definition) is 1. The van der Waals surface area contributed by atoms with Gasteiger partial charge in [-0.15, -0.1) is 0 Å². The molecule has 0 atom stereocenters. The van der Waals surface area contributed by atoms with E-state index in [1.54, 1.807) is 12.1 Å². The minimum Gasteiger partial charge on any atom is -0.381 e. The van der Waals surface area contributed by atoms with Gasteiger partial charge in [-0.3, -0.25) is 0 Å². The summed E-state index contributed by atoms with van der Waals surface area (Å²) in [5, 5.41) is 7.41. The molecule has 0 unspecified atom stereocenters. The first-order valence-electron chi connectivity index (χ1n) is 5.11. The molecular weight excluding hydrogens is 237 g/mol. The highest BCUT2D eigenvalue weighted by Crippen LogP contribution is 2.24. The molecule has 1 aromatic carbocycles. The SMILES string of the molecule is Nc1cc(-c2ccc(-n3cncn3)c(F)c2)on1. The lowest BCUT2D eigenvalue weighted by atomic mass is 10.1. The molecule has 6 nitrogen and oxygen atoms in total. The van der Waals surface area contributed by atoms with Crippen molar-refractivity contribution in [2.45, 2.75) is 0 Å². The highest BCUT2D eigenvalue weighted by molar-refractivity contribution is 5.61. The standard InChI is InChI=1S/C11H8FN5O/c12-8-3-7(10-4-11(13)16-18-10)1-2-9(8)17-6-14-5-15-17/h1-6H,(H2,13,16). The number of benzene rings is 1. The van der Waals surface area contributed by atoms with E-state index >= 15 is 0 Å². The Balaban J connectivity index is 2.04. The van der Waals surface area contributed by atoms with E-state index in [4.69, 9.17) is 10.3 Å². The van der Waals surface area contributed by atoms with Crippen LogP contribution in [0.2, 0.25) is 0 Å². The van der Waals surface area contributed by atoms with Crippen LogP contribution in [-0.4, -0.2) is 19.9 Å². The third-order valence-corrected chi connectivity index (χ3v) is 2.43. The third kappa shape index (κ3) is 1.71. The van der Waals surface area contributed by atoms with Crippen LogP contribution >= 0.6 is 0 Å². The number of halogens is 1. The van der Waals surface area contributed by atoms with Crippen LogP contribution in [0.1, 0.15) is 0 Å². The van der Waals surface area contributed by atoms with E-state index in [0.29, 0.717) is 17.0 Å². The molecule has 2 heterocycles. The Morgan fingerprint density at radius 2 is 2.17 bits per heavy atom. The van der Waals surface area contributed by atoms with E-state index in [1.807, 2.05) is 0 Å². The van der Waals surface area contributed by atoms with Gasteiger partial charge in [0.05, 0.1) is 0 Å². The van der Waals surface area contributed by atoms with Gasteiger partial charge in [0.1, 0.15) is 24.2 Å². The molecule has 0 saturated heterocycles. The van der Waals surface area contributed by atoms with Gasteiger partial charge in [0.15, 0.2) is 11.6 Å². The van der Waals surface area contributed by atoms with Crippen LogP contribution < -0.4 is 5.73 Å². The summed E-state index contributed by atoms with van der Waals surface area (Å²) in [6.45, 7) is 0. The molecule has 0 amide bonds. The van der Waals surface area contributed by atoms with Gasteiger partial charge in [0, 0.05) is 11.6 Å². The number of nitrogen functional groups attached to an aromatic ring is 1. The Hall–Kier alpha value is -2.70. The summed E-state index contributed by atoms with van der Waals surface area (Å²) in [4.78, 5) is 3.76. The first kappa shape index (κ1) is 10.5. The predicted octanol–water partition coefficient (Wildman–Crippen LogP) is 1.64. The van der Waals surface area contributed by atoms with Gasteiger partial charge in [0.25, 0.3) is 0 Å². The monoisotopic (exact) mass is 245 g/mol. The van der Waals surface area contributed by atoms with E-state index in [9.17, 15) is 4.39 Å². The van der Waals surface area contributed by atoms with Crippen molar-refractivity contribution in [1.82, 2.24) is 19.9 Å². The van der Waals surface area contributed by atoms with E-state index < -0.39 is 5.82 Å². The molecule has 0 radical (unpaired) electrons. The lowest BCUT2D eigenvalue weighted by Gasteiger charge is -2.03. The van der Waals surface area contributed by atoms with Gasteiger partial charge in [-0.1, -0.05) is 5.16 Å². The largest absolute Gasteiger partial charge is 0.381 e. The molecule has 0 saturated carbocycles. The fourth-order valence-electron chi connectivity index (χ4n) is 1.60. The molecule has 2 N–H and O–H groups in total. The third-order valence-electron chi connectivity index (χ3n) is 2.43. The lowest BCUT2D eigenvalue weighted by Crippen LogP contribution is -1.98. The Labute approximate surface area is 101 Å². The van der Waals surface area contributed by atoms with E-state index in [-0.39, 0.29) is 5.82 Å². The zero-order valence-electron chi connectivity index (χ0n) is 9.12. The maximum absolute atomic E-state index is 13.9. The van der Waals surface area contributed by atoms with E-state index in [2.05, 4.69) is 15.2 Å². The number of rotatable bonds is 2. The van der Waals surface area contributed by atoms with Crippen molar-refractivity contribution in [1.29, 1.82) is 0 Å². The molecule has 0 bridgehead atoms. The Morgan fingerprint density at radius 3 is 2.78 bits per heavy atom. The molecule has 0 aliphatic carbocycles. The van der Waals surface area contributed by atoms with E-state index in [1.165, 1.54) is 29.5 Å². The smallest absolute Gasteiger partial charge is 0.169 e. The quantitative estimate of drug-likeness (QED) is 0.742. The molecule has 0 fully saturated rings. The summed E-state index contributed by atoms with van der Waals surface area (Å²) < 4.78 is 20.2. The van der Waals surface area contributed by atoms with Crippen LogP contribution in [0.25, 0.3) is 17.0 Å². The minimum atomic E-state index is -0.437. The van der Waals surface area contributed by atoms with Crippen LogP contribution in [0, 0.1) is 5.82 Å². The number of nitrogens with zero attached hydrogens (tertiary/aromatic N) is 4. The second kappa shape index (κ2) is 3.95.